The first-order chi connectivity index (χ1) is 22.2. The summed E-state index contributed by atoms with van der Waals surface area (Å²) in [6.07, 6.45) is 3.21. The topological polar surface area (TPSA) is 161 Å². The standard InChI is InChI=1S/C19H20FN5O2.C12H16FN5O/c1-3-13-11(2)14(20)19(27-13)25-10-23-15-16(21-9-22-17(15)25)24-18(26)12-7-5-4-6-8-12;1-3-7-6(2)8(13)12(19-7)18-5-17-9-10(14)15-4-16-11(9)18/h4-11,13-14,19H,3H2,1-2H3,(H,21,22,24,26);4-8,12H,3H2,1-2H3,(H2,14,15,16)/t11-,13-,14-,19-;6-,7-,8-,12-/m11/s1. The molecule has 0 bridgehead atoms. The Morgan fingerprint density at radius 1 is 0.804 bits per heavy atom. The molecule has 0 aliphatic carbocycles. The first-order valence-electron chi connectivity index (χ1n) is 15.3. The number of imidazole rings is 2. The van der Waals surface area contributed by atoms with Gasteiger partial charge in [0.2, 0.25) is 0 Å². The molecule has 6 heterocycles. The van der Waals surface area contributed by atoms with E-state index in [0.717, 1.165) is 12.8 Å². The molecular formula is C31H36F2N10O3. The van der Waals surface area contributed by atoms with Gasteiger partial charge in [-0.1, -0.05) is 45.9 Å². The van der Waals surface area contributed by atoms with Crippen LogP contribution in [0.1, 0.15) is 63.4 Å². The predicted molar refractivity (Wildman–Crippen MR) is 166 cm³/mol. The van der Waals surface area contributed by atoms with Crippen molar-refractivity contribution in [2.24, 2.45) is 11.8 Å². The number of ether oxygens (including phenoxy) is 2. The maximum absolute atomic E-state index is 14.8. The maximum Gasteiger partial charge on any atom is 0.256 e. The summed E-state index contributed by atoms with van der Waals surface area (Å²) in [5, 5.41) is 2.74. The minimum Gasteiger partial charge on any atom is -0.382 e. The lowest BCUT2D eigenvalue weighted by Crippen LogP contribution is -2.20. The number of benzene rings is 1. The maximum atomic E-state index is 14.8. The SMILES string of the molecule is CC[C@H]1O[C@@H](n2cnc3c(N)ncnc32)[C@H](F)[C@@H]1C.CC[C@H]1O[C@@H](n2cnc3c(NC(=O)c4ccccc4)ncnc32)[C@H](F)[C@@H]1C. The molecule has 2 aliphatic heterocycles. The van der Waals surface area contributed by atoms with Gasteiger partial charge >= 0.3 is 0 Å². The van der Waals surface area contributed by atoms with Crippen LogP contribution in [0.25, 0.3) is 22.3 Å². The van der Waals surface area contributed by atoms with Crippen LogP contribution in [0, 0.1) is 11.8 Å². The van der Waals surface area contributed by atoms with Crippen LogP contribution in [0.3, 0.4) is 0 Å². The lowest BCUT2D eigenvalue weighted by molar-refractivity contribution is -0.0187. The highest BCUT2D eigenvalue weighted by Gasteiger charge is 2.44. The minimum atomic E-state index is -1.16. The molecule has 2 fully saturated rings. The second-order valence-electron chi connectivity index (χ2n) is 11.5. The van der Waals surface area contributed by atoms with Gasteiger partial charge in [-0.2, -0.15) is 0 Å². The molecule has 2 aliphatic rings. The second kappa shape index (κ2) is 13.0. The van der Waals surface area contributed by atoms with Gasteiger partial charge in [0.05, 0.1) is 24.9 Å². The van der Waals surface area contributed by atoms with Gasteiger partial charge in [0, 0.05) is 17.4 Å². The summed E-state index contributed by atoms with van der Waals surface area (Å²) in [6, 6.07) is 8.81. The van der Waals surface area contributed by atoms with E-state index in [1.54, 1.807) is 33.4 Å². The molecule has 15 heteroatoms. The van der Waals surface area contributed by atoms with Crippen LogP contribution in [0.15, 0.2) is 55.6 Å². The molecule has 0 spiro atoms. The summed E-state index contributed by atoms with van der Waals surface area (Å²) in [4.78, 5) is 37.2. The van der Waals surface area contributed by atoms with Crippen molar-refractivity contribution in [3.05, 3.63) is 61.2 Å². The zero-order valence-electron chi connectivity index (χ0n) is 25.9. The number of hydrogen-bond acceptors (Lipinski definition) is 10. The number of nitrogens with two attached hydrogens (primary N) is 1. The zero-order valence-corrected chi connectivity index (χ0v) is 25.9. The number of nitrogen functional groups attached to an aromatic ring is 1. The van der Waals surface area contributed by atoms with E-state index in [9.17, 15) is 13.6 Å². The third kappa shape index (κ3) is 5.64. The van der Waals surface area contributed by atoms with Gasteiger partial charge in [0.25, 0.3) is 5.91 Å². The normalized spacial score (nSPS) is 27.5. The number of hydrogen-bond donors (Lipinski definition) is 2. The van der Waals surface area contributed by atoms with Gasteiger partial charge in [-0.15, -0.1) is 0 Å². The smallest absolute Gasteiger partial charge is 0.256 e. The number of carbonyl (C=O) groups is 1. The highest BCUT2D eigenvalue weighted by molar-refractivity contribution is 6.06. The quantitative estimate of drug-likeness (QED) is 0.259. The molecule has 1 amide bonds. The van der Waals surface area contributed by atoms with Gasteiger partial charge in [-0.05, 0) is 25.0 Å². The number of halogens is 2. The van der Waals surface area contributed by atoms with Crippen molar-refractivity contribution in [2.45, 2.75) is 77.5 Å². The predicted octanol–water partition coefficient (Wildman–Crippen LogP) is 5.05. The van der Waals surface area contributed by atoms with Crippen molar-refractivity contribution >= 4 is 39.9 Å². The Morgan fingerprint density at radius 2 is 1.33 bits per heavy atom. The third-order valence-electron chi connectivity index (χ3n) is 8.72. The van der Waals surface area contributed by atoms with E-state index < -0.39 is 24.8 Å². The van der Waals surface area contributed by atoms with E-state index in [1.165, 1.54) is 25.3 Å². The minimum absolute atomic E-state index is 0.0864. The summed E-state index contributed by atoms with van der Waals surface area (Å²) >= 11 is 0. The number of alkyl halides is 2. The lowest BCUT2D eigenvalue weighted by atomic mass is 10.00. The molecule has 13 nitrogen and oxygen atoms in total. The van der Waals surface area contributed by atoms with Crippen molar-refractivity contribution in [2.75, 3.05) is 11.1 Å². The molecule has 4 aromatic heterocycles. The average molecular weight is 635 g/mol. The van der Waals surface area contributed by atoms with E-state index in [1.807, 2.05) is 33.8 Å². The molecule has 0 unspecified atom stereocenters. The number of nitrogens with zero attached hydrogens (tertiary/aromatic N) is 8. The number of carbonyl (C=O) groups excluding carboxylic acids is 1. The molecule has 3 N–H and O–H groups in total. The van der Waals surface area contributed by atoms with Gasteiger partial charge in [0.15, 0.2) is 53.2 Å². The Labute approximate surface area is 263 Å². The average Bonchev–Trinajstić information content (AvgIpc) is 3.83. The third-order valence-corrected chi connectivity index (χ3v) is 8.72. The lowest BCUT2D eigenvalue weighted by Gasteiger charge is -2.15. The molecule has 8 atom stereocenters. The Kier molecular flexibility index (Phi) is 8.86. The fourth-order valence-corrected chi connectivity index (χ4v) is 6.01. The van der Waals surface area contributed by atoms with E-state index in [4.69, 9.17) is 15.2 Å². The molecule has 2 saturated heterocycles. The molecule has 0 saturated carbocycles. The molecule has 1 aromatic carbocycles. The molecule has 5 aromatic rings. The number of aromatic nitrogens is 8. The van der Waals surface area contributed by atoms with E-state index >= 15 is 0 Å². The van der Waals surface area contributed by atoms with Crippen LogP contribution in [-0.2, 0) is 9.47 Å². The van der Waals surface area contributed by atoms with Crippen LogP contribution in [0.4, 0.5) is 20.4 Å². The van der Waals surface area contributed by atoms with E-state index in [-0.39, 0.29) is 41.6 Å². The van der Waals surface area contributed by atoms with Crippen molar-refractivity contribution in [3.63, 3.8) is 0 Å². The zero-order chi connectivity index (χ0) is 32.5. The van der Waals surface area contributed by atoms with Crippen molar-refractivity contribution in [1.82, 2.24) is 39.0 Å². The summed E-state index contributed by atoms with van der Waals surface area (Å²) in [6.45, 7) is 7.67. The van der Waals surface area contributed by atoms with Crippen molar-refractivity contribution in [1.29, 1.82) is 0 Å². The summed E-state index contributed by atoms with van der Waals surface area (Å²) < 4.78 is 43.9. The highest BCUT2D eigenvalue weighted by atomic mass is 19.1. The molecule has 46 heavy (non-hydrogen) atoms. The molecular weight excluding hydrogens is 598 g/mol. The summed E-state index contributed by atoms with van der Waals surface area (Å²) in [5.41, 5.74) is 8.02. The van der Waals surface area contributed by atoms with Crippen LogP contribution < -0.4 is 11.1 Å². The number of anilines is 2. The van der Waals surface area contributed by atoms with Gasteiger partial charge in [-0.3, -0.25) is 13.9 Å². The van der Waals surface area contributed by atoms with Crippen molar-refractivity contribution < 1.29 is 23.0 Å². The van der Waals surface area contributed by atoms with Crippen molar-refractivity contribution in [3.8, 4) is 0 Å². The second-order valence-corrected chi connectivity index (χ2v) is 11.5. The largest absolute Gasteiger partial charge is 0.382 e. The number of rotatable bonds is 6. The highest BCUT2D eigenvalue weighted by Crippen LogP contribution is 2.40. The van der Waals surface area contributed by atoms with E-state index in [0.29, 0.717) is 27.9 Å². The fourth-order valence-electron chi connectivity index (χ4n) is 6.01. The van der Waals surface area contributed by atoms with Crippen LogP contribution >= 0.6 is 0 Å². The molecule has 0 radical (unpaired) electrons. The van der Waals surface area contributed by atoms with Crippen LogP contribution in [0.2, 0.25) is 0 Å². The van der Waals surface area contributed by atoms with Gasteiger partial charge in [0.1, 0.15) is 18.2 Å². The van der Waals surface area contributed by atoms with Gasteiger partial charge < -0.3 is 20.5 Å². The Hall–Kier alpha value is -4.63. The monoisotopic (exact) mass is 634 g/mol. The first-order valence-corrected chi connectivity index (χ1v) is 15.3. The number of nitrogens with one attached hydrogen (secondary N) is 1. The van der Waals surface area contributed by atoms with E-state index in [2.05, 4.69) is 35.2 Å². The fraction of sp³-hybridized carbons (Fsp3) is 0.452. The Balaban J connectivity index is 0.000000172. The van der Waals surface area contributed by atoms with Crippen LogP contribution in [0.5, 0.6) is 0 Å². The first kappa shape index (κ1) is 31.4. The van der Waals surface area contributed by atoms with Crippen LogP contribution in [-0.4, -0.2) is 69.5 Å². The molecule has 242 valence electrons. The Bertz CT molecular complexity index is 1820. The van der Waals surface area contributed by atoms with Gasteiger partial charge in [-0.25, -0.2) is 38.7 Å². The molecule has 7 rings (SSSR count). The summed E-state index contributed by atoms with van der Waals surface area (Å²) in [5.74, 6) is -0.0909. The number of fused-ring (bicyclic) bond motifs is 2. The Morgan fingerprint density at radius 3 is 1.87 bits per heavy atom. The number of amides is 1. The summed E-state index contributed by atoms with van der Waals surface area (Å²) in [7, 11) is 0.